The Kier molecular flexibility index (Phi) is 7.90. The van der Waals surface area contributed by atoms with E-state index in [-0.39, 0.29) is 5.92 Å². The molecule has 0 radical (unpaired) electrons. The maximum absolute atomic E-state index is 11.7. The van der Waals surface area contributed by atoms with Crippen LogP contribution in [0, 0.1) is 5.92 Å². The summed E-state index contributed by atoms with van der Waals surface area (Å²) in [4.78, 5) is 2.31. The molecule has 1 aliphatic rings. The van der Waals surface area contributed by atoms with Crippen molar-refractivity contribution in [3.8, 4) is 11.5 Å². The topological polar surface area (TPSA) is 41.9 Å². The van der Waals surface area contributed by atoms with Crippen LogP contribution in [0.1, 0.15) is 49.3 Å². The first-order chi connectivity index (χ1) is 14.8. The van der Waals surface area contributed by atoms with Crippen molar-refractivity contribution in [2.75, 3.05) is 34.4 Å². The fourth-order valence-corrected chi connectivity index (χ4v) is 5.20. The van der Waals surface area contributed by atoms with Gasteiger partial charge in [0.05, 0.1) is 19.8 Å². The molecule has 0 saturated carbocycles. The second-order valence-electron chi connectivity index (χ2n) is 9.16. The van der Waals surface area contributed by atoms with Crippen LogP contribution in [-0.2, 0) is 12.8 Å². The summed E-state index contributed by atoms with van der Waals surface area (Å²) in [6, 6.07) is 12.2. The van der Waals surface area contributed by atoms with Crippen molar-refractivity contribution in [1.82, 2.24) is 4.90 Å². The lowest BCUT2D eigenvalue weighted by Crippen LogP contribution is -2.45. The van der Waals surface area contributed by atoms with Gasteiger partial charge in [0.25, 0.3) is 0 Å². The van der Waals surface area contributed by atoms with E-state index in [0.717, 1.165) is 55.3 Å². The van der Waals surface area contributed by atoms with Crippen molar-refractivity contribution in [2.24, 2.45) is 5.92 Å². The standard InChI is InChI=1S/C26H36ClNO3/c1-18(2)25-22-8-7-21(27)17-20(22)10-12-26(25,29)13-15-28(3)14-11-19-6-9-23(30-4)24(16-19)31-5/h6-9,16-18,25,29H,10-15H2,1-5H3/t25-,26-/m0/s1. The van der Waals surface area contributed by atoms with Crippen LogP contribution in [0.2, 0.25) is 5.02 Å². The van der Waals surface area contributed by atoms with Gasteiger partial charge in [0.2, 0.25) is 0 Å². The summed E-state index contributed by atoms with van der Waals surface area (Å²) in [5.41, 5.74) is 3.08. The maximum atomic E-state index is 11.7. The quantitative estimate of drug-likeness (QED) is 0.565. The molecule has 2 aromatic carbocycles. The molecule has 0 saturated heterocycles. The summed E-state index contributed by atoms with van der Waals surface area (Å²) >= 11 is 6.21. The van der Waals surface area contributed by atoms with Gasteiger partial charge in [0.1, 0.15) is 0 Å². The number of aliphatic hydroxyl groups is 1. The fraction of sp³-hybridized carbons (Fsp3) is 0.538. The minimum absolute atomic E-state index is 0.132. The monoisotopic (exact) mass is 445 g/mol. The molecular formula is C26H36ClNO3. The number of benzene rings is 2. The van der Waals surface area contributed by atoms with Crippen LogP contribution in [0.25, 0.3) is 0 Å². The van der Waals surface area contributed by atoms with E-state index >= 15 is 0 Å². The molecule has 0 bridgehead atoms. The van der Waals surface area contributed by atoms with Crippen LogP contribution in [-0.4, -0.2) is 50.0 Å². The van der Waals surface area contributed by atoms with Crippen LogP contribution in [0.15, 0.2) is 36.4 Å². The van der Waals surface area contributed by atoms with Gasteiger partial charge in [-0.05, 0) is 79.6 Å². The Bertz CT molecular complexity index is 885. The Morgan fingerprint density at radius 1 is 1.10 bits per heavy atom. The lowest BCUT2D eigenvalue weighted by atomic mass is 9.66. The summed E-state index contributed by atoms with van der Waals surface area (Å²) in [6.45, 7) is 6.19. The van der Waals surface area contributed by atoms with Gasteiger partial charge in [-0.1, -0.05) is 37.6 Å². The molecule has 0 spiro atoms. The molecule has 2 aromatic rings. The summed E-state index contributed by atoms with van der Waals surface area (Å²) in [5, 5.41) is 12.5. The van der Waals surface area contributed by atoms with Crippen molar-refractivity contribution >= 4 is 11.6 Å². The van der Waals surface area contributed by atoms with Crippen LogP contribution >= 0.6 is 11.6 Å². The SMILES string of the molecule is COc1ccc(CCN(C)CC[C@@]2(O)CCc3cc(Cl)ccc3[C@@H]2C(C)C)cc1OC. The molecule has 2 atom stereocenters. The normalized spacial score (nSPS) is 20.7. The van der Waals surface area contributed by atoms with E-state index in [0.29, 0.717) is 5.92 Å². The van der Waals surface area contributed by atoms with E-state index in [1.54, 1.807) is 14.2 Å². The Hall–Kier alpha value is -1.75. The van der Waals surface area contributed by atoms with Crippen molar-refractivity contribution in [3.63, 3.8) is 0 Å². The molecule has 31 heavy (non-hydrogen) atoms. The number of fused-ring (bicyclic) bond motifs is 1. The van der Waals surface area contributed by atoms with E-state index in [4.69, 9.17) is 21.1 Å². The summed E-state index contributed by atoms with van der Waals surface area (Å²) in [7, 11) is 5.44. The first-order valence-corrected chi connectivity index (χ1v) is 11.6. The molecule has 3 rings (SSSR count). The third-order valence-corrected chi connectivity index (χ3v) is 6.90. The van der Waals surface area contributed by atoms with E-state index in [9.17, 15) is 5.11 Å². The minimum Gasteiger partial charge on any atom is -0.493 e. The molecule has 170 valence electrons. The zero-order valence-electron chi connectivity index (χ0n) is 19.5. The Morgan fingerprint density at radius 2 is 1.84 bits per heavy atom. The van der Waals surface area contributed by atoms with E-state index in [1.165, 1.54) is 16.7 Å². The maximum Gasteiger partial charge on any atom is 0.160 e. The van der Waals surface area contributed by atoms with Crippen LogP contribution in [0.4, 0.5) is 0 Å². The molecule has 1 aliphatic carbocycles. The number of rotatable bonds is 9. The Balaban J connectivity index is 1.62. The first-order valence-electron chi connectivity index (χ1n) is 11.2. The number of likely N-dealkylation sites (N-methyl/N-ethyl adjacent to an activating group) is 1. The van der Waals surface area contributed by atoms with Gasteiger partial charge in [-0.25, -0.2) is 0 Å². The van der Waals surface area contributed by atoms with E-state index < -0.39 is 5.60 Å². The molecule has 0 aromatic heterocycles. The number of nitrogens with zero attached hydrogens (tertiary/aromatic N) is 1. The van der Waals surface area contributed by atoms with Crippen LogP contribution < -0.4 is 9.47 Å². The molecule has 0 unspecified atom stereocenters. The Morgan fingerprint density at radius 3 is 2.52 bits per heavy atom. The second kappa shape index (κ2) is 10.2. The number of aryl methyl sites for hydroxylation is 1. The average molecular weight is 446 g/mol. The van der Waals surface area contributed by atoms with Crippen molar-refractivity contribution < 1.29 is 14.6 Å². The zero-order valence-corrected chi connectivity index (χ0v) is 20.2. The predicted molar refractivity (Wildman–Crippen MR) is 128 cm³/mol. The van der Waals surface area contributed by atoms with E-state index in [1.807, 2.05) is 18.2 Å². The van der Waals surface area contributed by atoms with Gasteiger partial charge >= 0.3 is 0 Å². The molecule has 5 heteroatoms. The lowest BCUT2D eigenvalue weighted by Gasteiger charge is -2.44. The van der Waals surface area contributed by atoms with Crippen LogP contribution in [0.3, 0.4) is 0 Å². The molecule has 0 fully saturated rings. The average Bonchev–Trinajstić information content (AvgIpc) is 2.75. The predicted octanol–water partition coefficient (Wildman–Crippen LogP) is 5.34. The highest BCUT2D eigenvalue weighted by atomic mass is 35.5. The Labute approximate surface area is 192 Å². The highest BCUT2D eigenvalue weighted by Crippen LogP contribution is 2.46. The van der Waals surface area contributed by atoms with Crippen LogP contribution in [0.5, 0.6) is 11.5 Å². The largest absolute Gasteiger partial charge is 0.493 e. The van der Waals surface area contributed by atoms with Gasteiger partial charge < -0.3 is 19.5 Å². The first kappa shape index (κ1) is 23.9. The number of methoxy groups -OCH3 is 2. The number of hydrogen-bond donors (Lipinski definition) is 1. The molecule has 0 amide bonds. The zero-order chi connectivity index (χ0) is 22.6. The highest BCUT2D eigenvalue weighted by Gasteiger charge is 2.43. The highest BCUT2D eigenvalue weighted by molar-refractivity contribution is 6.30. The molecule has 0 heterocycles. The smallest absolute Gasteiger partial charge is 0.160 e. The molecule has 4 nitrogen and oxygen atoms in total. The summed E-state index contributed by atoms with van der Waals surface area (Å²) < 4.78 is 10.7. The number of hydrogen-bond acceptors (Lipinski definition) is 4. The van der Waals surface area contributed by atoms with Crippen molar-refractivity contribution in [1.29, 1.82) is 0 Å². The van der Waals surface area contributed by atoms with E-state index in [2.05, 4.69) is 44.0 Å². The molecular weight excluding hydrogens is 410 g/mol. The van der Waals surface area contributed by atoms with Gasteiger partial charge in [0.15, 0.2) is 11.5 Å². The van der Waals surface area contributed by atoms with Gasteiger partial charge in [-0.15, -0.1) is 0 Å². The number of ether oxygens (including phenoxy) is 2. The molecule has 0 aliphatic heterocycles. The van der Waals surface area contributed by atoms with Crippen molar-refractivity contribution in [2.45, 2.75) is 51.0 Å². The third-order valence-electron chi connectivity index (χ3n) is 6.67. The third kappa shape index (κ3) is 5.54. The van der Waals surface area contributed by atoms with Gasteiger partial charge in [-0.2, -0.15) is 0 Å². The summed E-state index contributed by atoms with van der Waals surface area (Å²) in [6.07, 6.45) is 3.35. The summed E-state index contributed by atoms with van der Waals surface area (Å²) in [5.74, 6) is 2.01. The fourth-order valence-electron chi connectivity index (χ4n) is 5.00. The minimum atomic E-state index is -0.688. The van der Waals surface area contributed by atoms with Gasteiger partial charge in [0, 0.05) is 24.0 Å². The van der Waals surface area contributed by atoms with Crippen molar-refractivity contribution in [3.05, 3.63) is 58.1 Å². The second-order valence-corrected chi connectivity index (χ2v) is 9.60. The number of halogens is 1. The molecule has 1 N–H and O–H groups in total. The lowest BCUT2D eigenvalue weighted by molar-refractivity contribution is -0.0299. The van der Waals surface area contributed by atoms with Gasteiger partial charge in [-0.3, -0.25) is 0 Å².